The third-order valence-electron chi connectivity index (χ3n) is 3.52. The van der Waals surface area contributed by atoms with Crippen molar-refractivity contribution in [2.24, 2.45) is 0 Å². The summed E-state index contributed by atoms with van der Waals surface area (Å²) < 4.78 is 0. The van der Waals surface area contributed by atoms with Crippen LogP contribution in [-0.4, -0.2) is 24.6 Å². The second-order valence-corrected chi connectivity index (χ2v) is 4.57. The van der Waals surface area contributed by atoms with Gasteiger partial charge in [0.05, 0.1) is 0 Å². The highest BCUT2D eigenvalue weighted by molar-refractivity contribution is 5.42. The van der Waals surface area contributed by atoms with Crippen LogP contribution in [0.4, 0.5) is 5.82 Å². The predicted molar refractivity (Wildman–Crippen MR) is 67.8 cm³/mol. The third kappa shape index (κ3) is 2.19. The van der Waals surface area contributed by atoms with Crippen LogP contribution in [0.1, 0.15) is 31.5 Å². The Bertz CT molecular complexity index is 362. The molecule has 0 saturated carbocycles. The van der Waals surface area contributed by atoms with Crippen LogP contribution in [0.2, 0.25) is 0 Å². The smallest absolute Gasteiger partial charge is 0.128 e. The molecular weight excluding hydrogens is 198 g/mol. The Morgan fingerprint density at radius 1 is 1.50 bits per heavy atom. The molecule has 2 rings (SSSR count). The first-order chi connectivity index (χ1) is 7.72. The topological polar surface area (TPSA) is 28.2 Å². The SMILES string of the molecule is CC[C@H](C)N(C)c1ccc2c(n1)CCNC2. The van der Waals surface area contributed by atoms with E-state index >= 15 is 0 Å². The first-order valence-corrected chi connectivity index (χ1v) is 6.14. The maximum Gasteiger partial charge on any atom is 0.128 e. The lowest BCUT2D eigenvalue weighted by molar-refractivity contribution is 0.621. The van der Waals surface area contributed by atoms with Gasteiger partial charge in [-0.15, -0.1) is 0 Å². The van der Waals surface area contributed by atoms with Gasteiger partial charge < -0.3 is 10.2 Å². The summed E-state index contributed by atoms with van der Waals surface area (Å²) in [6, 6.07) is 4.90. The van der Waals surface area contributed by atoms with Crippen molar-refractivity contribution in [3.05, 3.63) is 23.4 Å². The van der Waals surface area contributed by atoms with Gasteiger partial charge in [-0.1, -0.05) is 13.0 Å². The molecule has 2 heterocycles. The van der Waals surface area contributed by atoms with Crippen molar-refractivity contribution in [2.45, 2.75) is 39.3 Å². The zero-order chi connectivity index (χ0) is 11.5. The van der Waals surface area contributed by atoms with E-state index in [9.17, 15) is 0 Å². The van der Waals surface area contributed by atoms with Crippen LogP contribution in [-0.2, 0) is 13.0 Å². The van der Waals surface area contributed by atoms with Crippen molar-refractivity contribution in [2.75, 3.05) is 18.5 Å². The summed E-state index contributed by atoms with van der Waals surface area (Å²) in [7, 11) is 2.13. The largest absolute Gasteiger partial charge is 0.357 e. The van der Waals surface area contributed by atoms with E-state index in [1.165, 1.54) is 11.3 Å². The van der Waals surface area contributed by atoms with E-state index < -0.39 is 0 Å². The number of hydrogen-bond donors (Lipinski definition) is 1. The molecule has 0 amide bonds. The van der Waals surface area contributed by atoms with Crippen LogP contribution in [0.25, 0.3) is 0 Å². The summed E-state index contributed by atoms with van der Waals surface area (Å²) in [6.07, 6.45) is 2.20. The van der Waals surface area contributed by atoms with Crippen molar-refractivity contribution in [3.63, 3.8) is 0 Å². The van der Waals surface area contributed by atoms with E-state index in [-0.39, 0.29) is 0 Å². The van der Waals surface area contributed by atoms with Gasteiger partial charge in [0, 0.05) is 38.3 Å². The minimum Gasteiger partial charge on any atom is -0.357 e. The Kier molecular flexibility index (Phi) is 3.44. The predicted octanol–water partition coefficient (Wildman–Crippen LogP) is 1.96. The molecule has 0 bridgehead atoms. The Balaban J connectivity index is 2.22. The van der Waals surface area contributed by atoms with Gasteiger partial charge in [0.25, 0.3) is 0 Å². The average Bonchev–Trinajstić information content (AvgIpc) is 2.36. The van der Waals surface area contributed by atoms with Gasteiger partial charge in [0.2, 0.25) is 0 Å². The molecule has 0 saturated heterocycles. The summed E-state index contributed by atoms with van der Waals surface area (Å²) >= 11 is 0. The van der Waals surface area contributed by atoms with Crippen molar-refractivity contribution in [1.82, 2.24) is 10.3 Å². The first kappa shape index (κ1) is 11.4. The molecule has 1 aliphatic rings. The second kappa shape index (κ2) is 4.83. The Morgan fingerprint density at radius 3 is 3.06 bits per heavy atom. The highest BCUT2D eigenvalue weighted by Crippen LogP contribution is 2.19. The van der Waals surface area contributed by atoms with Crippen molar-refractivity contribution in [1.29, 1.82) is 0 Å². The zero-order valence-corrected chi connectivity index (χ0v) is 10.5. The Labute approximate surface area is 97.9 Å². The number of anilines is 1. The van der Waals surface area contributed by atoms with Crippen LogP contribution >= 0.6 is 0 Å². The van der Waals surface area contributed by atoms with Gasteiger partial charge in [0.1, 0.15) is 5.82 Å². The normalized spacial score (nSPS) is 16.7. The molecule has 0 aliphatic carbocycles. The standard InChI is InChI=1S/C13H21N3/c1-4-10(2)16(3)13-6-5-11-9-14-8-7-12(11)15-13/h5-6,10,14H,4,7-9H2,1-3H3/t10-/m0/s1. The van der Waals surface area contributed by atoms with Gasteiger partial charge in [-0.25, -0.2) is 4.98 Å². The summed E-state index contributed by atoms with van der Waals surface area (Å²) in [5.74, 6) is 1.11. The van der Waals surface area contributed by atoms with Gasteiger partial charge in [-0.2, -0.15) is 0 Å². The van der Waals surface area contributed by atoms with E-state index in [1.54, 1.807) is 0 Å². The lowest BCUT2D eigenvalue weighted by Crippen LogP contribution is -2.30. The maximum atomic E-state index is 4.77. The molecule has 0 unspecified atom stereocenters. The van der Waals surface area contributed by atoms with Crippen molar-refractivity contribution in [3.8, 4) is 0 Å². The van der Waals surface area contributed by atoms with E-state index in [0.717, 1.165) is 31.7 Å². The monoisotopic (exact) mass is 219 g/mol. The summed E-state index contributed by atoms with van der Waals surface area (Å²) in [4.78, 5) is 7.03. The minimum absolute atomic E-state index is 0.548. The molecule has 1 aromatic heterocycles. The lowest BCUT2D eigenvalue weighted by Gasteiger charge is -2.26. The fourth-order valence-electron chi connectivity index (χ4n) is 2.02. The highest BCUT2D eigenvalue weighted by atomic mass is 15.2. The molecule has 0 fully saturated rings. The van der Waals surface area contributed by atoms with Crippen molar-refractivity contribution < 1.29 is 0 Å². The van der Waals surface area contributed by atoms with Crippen LogP contribution in [0, 0.1) is 0 Å². The maximum absolute atomic E-state index is 4.77. The van der Waals surface area contributed by atoms with E-state index in [4.69, 9.17) is 4.98 Å². The summed E-state index contributed by atoms with van der Waals surface area (Å²) in [5, 5.41) is 3.37. The molecule has 1 aromatic rings. The number of fused-ring (bicyclic) bond motifs is 1. The number of rotatable bonds is 3. The van der Waals surface area contributed by atoms with Crippen LogP contribution < -0.4 is 10.2 Å². The molecule has 3 heteroatoms. The second-order valence-electron chi connectivity index (χ2n) is 4.57. The fraction of sp³-hybridized carbons (Fsp3) is 0.615. The lowest BCUT2D eigenvalue weighted by atomic mass is 10.1. The van der Waals surface area contributed by atoms with E-state index in [0.29, 0.717) is 6.04 Å². The molecule has 0 spiro atoms. The quantitative estimate of drug-likeness (QED) is 0.842. The fourth-order valence-corrected chi connectivity index (χ4v) is 2.02. The molecule has 1 aliphatic heterocycles. The first-order valence-electron chi connectivity index (χ1n) is 6.14. The zero-order valence-electron chi connectivity index (χ0n) is 10.5. The number of aromatic nitrogens is 1. The molecule has 88 valence electrons. The molecule has 16 heavy (non-hydrogen) atoms. The van der Waals surface area contributed by atoms with Crippen molar-refractivity contribution >= 4 is 5.82 Å². The summed E-state index contributed by atoms with van der Waals surface area (Å²) in [5.41, 5.74) is 2.62. The highest BCUT2D eigenvalue weighted by Gasteiger charge is 2.14. The van der Waals surface area contributed by atoms with Crippen LogP contribution in [0.3, 0.4) is 0 Å². The Hall–Kier alpha value is -1.09. The number of nitrogens with one attached hydrogen (secondary N) is 1. The van der Waals surface area contributed by atoms with Crippen LogP contribution in [0.15, 0.2) is 12.1 Å². The van der Waals surface area contributed by atoms with E-state index in [2.05, 4.69) is 43.2 Å². The summed E-state index contributed by atoms with van der Waals surface area (Å²) in [6.45, 7) is 6.47. The van der Waals surface area contributed by atoms with Gasteiger partial charge in [-0.3, -0.25) is 0 Å². The van der Waals surface area contributed by atoms with Gasteiger partial charge in [0.15, 0.2) is 0 Å². The molecule has 0 aromatic carbocycles. The average molecular weight is 219 g/mol. The number of hydrogen-bond acceptors (Lipinski definition) is 3. The number of nitrogens with zero attached hydrogens (tertiary/aromatic N) is 2. The Morgan fingerprint density at radius 2 is 2.31 bits per heavy atom. The third-order valence-corrected chi connectivity index (χ3v) is 3.52. The molecule has 1 N–H and O–H groups in total. The molecule has 0 radical (unpaired) electrons. The van der Waals surface area contributed by atoms with E-state index in [1.807, 2.05) is 0 Å². The number of pyridine rings is 1. The van der Waals surface area contributed by atoms with Gasteiger partial charge in [-0.05, 0) is 25.0 Å². The van der Waals surface area contributed by atoms with Crippen LogP contribution in [0.5, 0.6) is 0 Å². The van der Waals surface area contributed by atoms with Gasteiger partial charge >= 0.3 is 0 Å². The molecule has 1 atom stereocenters. The molecule has 3 nitrogen and oxygen atoms in total. The molecular formula is C13H21N3. The minimum atomic E-state index is 0.548.